The number of carbonyl (C=O) groups excluding carboxylic acids is 1. The largest absolute Gasteiger partial charge is 0.496 e. The minimum absolute atomic E-state index is 0.150. The summed E-state index contributed by atoms with van der Waals surface area (Å²) in [6, 6.07) is 4.26. The van der Waals surface area contributed by atoms with E-state index < -0.39 is 5.82 Å². The molecular weight excluding hydrogens is 359 g/mol. The van der Waals surface area contributed by atoms with Gasteiger partial charge < -0.3 is 19.5 Å². The fourth-order valence-corrected chi connectivity index (χ4v) is 4.49. The number of nitrogens with zero attached hydrogens (tertiary/aromatic N) is 3. The van der Waals surface area contributed by atoms with Gasteiger partial charge in [-0.1, -0.05) is 0 Å². The summed E-state index contributed by atoms with van der Waals surface area (Å²) in [5, 5.41) is 3.40. The van der Waals surface area contributed by atoms with E-state index >= 15 is 0 Å². The normalized spacial score (nSPS) is 20.2. The lowest BCUT2D eigenvalue weighted by atomic mass is 9.93. The number of amides is 1. The molecule has 1 saturated carbocycles. The summed E-state index contributed by atoms with van der Waals surface area (Å²) in [4.78, 5) is 19.9. The average Bonchev–Trinajstić information content (AvgIpc) is 3.19. The highest BCUT2D eigenvalue weighted by atomic mass is 19.1. The Hall–Kier alpha value is -2.41. The highest BCUT2D eigenvalue weighted by Crippen LogP contribution is 2.56. The van der Waals surface area contributed by atoms with Gasteiger partial charge in [0.15, 0.2) is 0 Å². The van der Waals surface area contributed by atoms with Crippen molar-refractivity contribution in [3.8, 4) is 5.75 Å². The van der Waals surface area contributed by atoms with Crippen LogP contribution in [0.4, 0.5) is 4.39 Å². The van der Waals surface area contributed by atoms with Crippen molar-refractivity contribution < 1.29 is 13.9 Å². The number of hydrogen-bond acceptors (Lipinski definition) is 4. The Morgan fingerprint density at radius 2 is 2.21 bits per heavy atom. The van der Waals surface area contributed by atoms with Gasteiger partial charge >= 0.3 is 0 Å². The number of imidazole rings is 1. The number of nitrogens with one attached hydrogen (secondary N) is 1. The molecule has 1 spiro atoms. The van der Waals surface area contributed by atoms with Gasteiger partial charge in [0.05, 0.1) is 19.2 Å². The first-order valence-corrected chi connectivity index (χ1v) is 9.93. The third-order valence-corrected chi connectivity index (χ3v) is 6.23. The number of aromatic nitrogens is 2. The van der Waals surface area contributed by atoms with E-state index in [-0.39, 0.29) is 22.9 Å². The van der Waals surface area contributed by atoms with E-state index in [4.69, 9.17) is 4.74 Å². The zero-order valence-electron chi connectivity index (χ0n) is 16.4. The lowest BCUT2D eigenvalue weighted by molar-refractivity contribution is 0.0681. The Kier molecular flexibility index (Phi) is 5.10. The second-order valence-electron chi connectivity index (χ2n) is 7.74. The Morgan fingerprint density at radius 1 is 1.43 bits per heavy atom. The van der Waals surface area contributed by atoms with Crippen LogP contribution in [-0.2, 0) is 13.1 Å². The summed E-state index contributed by atoms with van der Waals surface area (Å²) >= 11 is 0. The van der Waals surface area contributed by atoms with Crippen LogP contribution in [0.25, 0.3) is 0 Å². The second-order valence-corrected chi connectivity index (χ2v) is 7.74. The third kappa shape index (κ3) is 3.39. The molecule has 4 rings (SSSR count). The van der Waals surface area contributed by atoms with Gasteiger partial charge in [-0.25, -0.2) is 9.37 Å². The molecule has 1 aromatic carbocycles. The van der Waals surface area contributed by atoms with Crippen LogP contribution < -0.4 is 10.1 Å². The highest BCUT2D eigenvalue weighted by Gasteiger charge is 2.58. The summed E-state index contributed by atoms with van der Waals surface area (Å²) in [6.45, 7) is 5.22. The molecule has 7 heteroatoms. The lowest BCUT2D eigenvalue weighted by Crippen LogP contribution is -2.39. The van der Waals surface area contributed by atoms with Gasteiger partial charge in [-0.15, -0.1) is 0 Å². The van der Waals surface area contributed by atoms with Crippen LogP contribution in [-0.4, -0.2) is 46.6 Å². The molecule has 1 atom stereocenters. The number of halogens is 1. The van der Waals surface area contributed by atoms with Gasteiger partial charge in [0.2, 0.25) is 0 Å². The summed E-state index contributed by atoms with van der Waals surface area (Å²) in [6.07, 6.45) is 6.80. The SMILES string of the molecule is CCn1ccnc1CN(C(=O)c1cc(F)ccc1OC)C1CC12CCNCC2. The Labute approximate surface area is 164 Å². The van der Waals surface area contributed by atoms with Gasteiger partial charge in [0, 0.05) is 25.0 Å². The van der Waals surface area contributed by atoms with Gasteiger partial charge in [-0.3, -0.25) is 4.79 Å². The zero-order chi connectivity index (χ0) is 19.7. The first kappa shape index (κ1) is 18.9. The van der Waals surface area contributed by atoms with Crippen molar-refractivity contribution in [3.05, 3.63) is 47.8 Å². The van der Waals surface area contributed by atoms with E-state index in [1.165, 1.54) is 25.3 Å². The molecule has 2 aliphatic rings. The maximum atomic E-state index is 13.9. The van der Waals surface area contributed by atoms with Gasteiger partial charge in [-0.05, 0) is 62.9 Å². The van der Waals surface area contributed by atoms with Crippen molar-refractivity contribution in [2.75, 3.05) is 20.2 Å². The molecule has 1 N–H and O–H groups in total. The van der Waals surface area contributed by atoms with Crippen LogP contribution in [0.3, 0.4) is 0 Å². The first-order chi connectivity index (χ1) is 13.6. The molecule has 150 valence electrons. The molecule has 1 saturated heterocycles. The fourth-order valence-electron chi connectivity index (χ4n) is 4.49. The van der Waals surface area contributed by atoms with E-state index in [2.05, 4.69) is 17.2 Å². The molecule has 0 radical (unpaired) electrons. The van der Waals surface area contributed by atoms with Crippen molar-refractivity contribution in [1.82, 2.24) is 19.8 Å². The topological polar surface area (TPSA) is 59.4 Å². The number of ether oxygens (including phenoxy) is 1. The number of aryl methyl sites for hydroxylation is 1. The van der Waals surface area contributed by atoms with E-state index in [9.17, 15) is 9.18 Å². The van der Waals surface area contributed by atoms with Crippen molar-refractivity contribution >= 4 is 5.91 Å². The summed E-state index contributed by atoms with van der Waals surface area (Å²) in [5.74, 6) is 0.617. The number of carbonyl (C=O) groups is 1. The minimum atomic E-state index is -0.438. The maximum Gasteiger partial charge on any atom is 0.258 e. The molecule has 2 fully saturated rings. The first-order valence-electron chi connectivity index (χ1n) is 9.93. The monoisotopic (exact) mass is 386 g/mol. The van der Waals surface area contributed by atoms with Crippen molar-refractivity contribution in [2.45, 2.75) is 45.3 Å². The standard InChI is InChI=1S/C21H27FN4O2/c1-3-25-11-10-24-19(25)14-26(18-13-21(18)6-8-23-9-7-21)20(27)16-12-15(22)4-5-17(16)28-2/h4-5,10-12,18,23H,3,6-9,13-14H2,1-2H3. The molecule has 1 unspecified atom stereocenters. The molecule has 0 bridgehead atoms. The predicted octanol–water partition coefficient (Wildman–Crippen LogP) is 2.84. The van der Waals surface area contributed by atoms with E-state index in [1.807, 2.05) is 15.7 Å². The molecular formula is C21H27FN4O2. The molecule has 1 amide bonds. The molecule has 1 aromatic heterocycles. The molecule has 6 nitrogen and oxygen atoms in total. The number of piperidine rings is 1. The van der Waals surface area contributed by atoms with Crippen molar-refractivity contribution in [2.24, 2.45) is 5.41 Å². The Bertz CT molecular complexity index is 860. The summed E-state index contributed by atoms with van der Waals surface area (Å²) in [7, 11) is 1.50. The predicted molar refractivity (Wildman–Crippen MR) is 104 cm³/mol. The number of rotatable bonds is 6. The fraction of sp³-hybridized carbons (Fsp3) is 0.524. The van der Waals surface area contributed by atoms with Gasteiger partial charge in [0.1, 0.15) is 17.4 Å². The van der Waals surface area contributed by atoms with E-state index in [1.54, 1.807) is 6.20 Å². The average molecular weight is 386 g/mol. The van der Waals surface area contributed by atoms with Crippen molar-refractivity contribution in [3.63, 3.8) is 0 Å². The molecule has 1 aliphatic carbocycles. The summed E-state index contributed by atoms with van der Waals surface area (Å²) < 4.78 is 21.3. The van der Waals surface area contributed by atoms with Crippen LogP contribution in [0.5, 0.6) is 5.75 Å². The van der Waals surface area contributed by atoms with Gasteiger partial charge in [-0.2, -0.15) is 0 Å². The van der Waals surface area contributed by atoms with E-state index in [0.29, 0.717) is 12.3 Å². The second kappa shape index (κ2) is 7.54. The molecule has 28 heavy (non-hydrogen) atoms. The van der Waals surface area contributed by atoms with Crippen LogP contribution in [0.2, 0.25) is 0 Å². The highest BCUT2D eigenvalue weighted by molar-refractivity contribution is 5.97. The van der Waals surface area contributed by atoms with Gasteiger partial charge in [0.25, 0.3) is 5.91 Å². The Morgan fingerprint density at radius 3 is 2.93 bits per heavy atom. The molecule has 1 aliphatic heterocycles. The molecule has 2 heterocycles. The smallest absolute Gasteiger partial charge is 0.258 e. The number of benzene rings is 1. The summed E-state index contributed by atoms with van der Waals surface area (Å²) in [5.41, 5.74) is 0.443. The van der Waals surface area contributed by atoms with Crippen LogP contribution in [0, 0.1) is 11.2 Å². The molecule has 2 aromatic rings. The Balaban J connectivity index is 1.67. The third-order valence-electron chi connectivity index (χ3n) is 6.23. The van der Waals surface area contributed by atoms with Crippen LogP contribution in [0.15, 0.2) is 30.6 Å². The quantitative estimate of drug-likeness (QED) is 0.829. The maximum absolute atomic E-state index is 13.9. The number of methoxy groups -OCH3 is 1. The van der Waals surface area contributed by atoms with Crippen LogP contribution >= 0.6 is 0 Å². The van der Waals surface area contributed by atoms with E-state index in [0.717, 1.165) is 44.7 Å². The minimum Gasteiger partial charge on any atom is -0.496 e. The van der Waals surface area contributed by atoms with Crippen LogP contribution in [0.1, 0.15) is 42.4 Å². The zero-order valence-corrected chi connectivity index (χ0v) is 16.4. The number of hydrogen-bond donors (Lipinski definition) is 1. The van der Waals surface area contributed by atoms with Crippen molar-refractivity contribution in [1.29, 1.82) is 0 Å². The lowest BCUT2D eigenvalue weighted by Gasteiger charge is -2.30.